The lowest BCUT2D eigenvalue weighted by Gasteiger charge is -2.31. The van der Waals surface area contributed by atoms with Crippen LogP contribution >= 0.6 is 11.6 Å². The predicted molar refractivity (Wildman–Crippen MR) is 66.5 cm³/mol. The van der Waals surface area contributed by atoms with Crippen molar-refractivity contribution in [1.29, 1.82) is 0 Å². The number of rotatable bonds is 1. The summed E-state index contributed by atoms with van der Waals surface area (Å²) in [5, 5.41) is 8.04. The molecule has 2 N–H and O–H groups in total. The van der Waals surface area contributed by atoms with E-state index in [1.165, 1.54) is 31.2 Å². The molecule has 3 rings (SSSR count). The van der Waals surface area contributed by atoms with Gasteiger partial charge in [0.25, 0.3) is 0 Å². The average molecular weight is 237 g/mol. The maximum Gasteiger partial charge on any atom is 0.0515 e. The van der Waals surface area contributed by atoms with E-state index in [1.807, 2.05) is 12.1 Å². The van der Waals surface area contributed by atoms with Gasteiger partial charge >= 0.3 is 0 Å². The summed E-state index contributed by atoms with van der Waals surface area (Å²) in [6.45, 7) is 0.924. The average Bonchev–Trinajstić information content (AvgIpc) is 2.91. The number of benzene rings is 1. The van der Waals surface area contributed by atoms with Crippen LogP contribution in [-0.2, 0) is 0 Å². The summed E-state index contributed by atoms with van der Waals surface area (Å²) < 4.78 is 0. The van der Waals surface area contributed by atoms with Gasteiger partial charge in [-0.3, -0.25) is 10.6 Å². The van der Waals surface area contributed by atoms with Gasteiger partial charge in [-0.1, -0.05) is 36.6 Å². The topological polar surface area (TPSA) is 24.1 Å². The molecule has 1 spiro atoms. The van der Waals surface area contributed by atoms with E-state index in [0.717, 1.165) is 11.7 Å². The second-order valence-electron chi connectivity index (χ2n) is 4.91. The molecule has 0 aromatic heterocycles. The van der Waals surface area contributed by atoms with E-state index in [1.54, 1.807) is 0 Å². The maximum atomic E-state index is 5.93. The Morgan fingerprint density at radius 3 is 2.50 bits per heavy atom. The second kappa shape index (κ2) is 4.02. The van der Waals surface area contributed by atoms with Gasteiger partial charge < -0.3 is 0 Å². The van der Waals surface area contributed by atoms with Gasteiger partial charge in [-0.05, 0) is 30.5 Å². The van der Waals surface area contributed by atoms with Crippen molar-refractivity contribution in [3.8, 4) is 0 Å². The minimum atomic E-state index is 0.299. The molecule has 1 unspecified atom stereocenters. The van der Waals surface area contributed by atoms with E-state index < -0.39 is 0 Å². The van der Waals surface area contributed by atoms with Crippen LogP contribution in [0.4, 0.5) is 0 Å². The number of hydrogen-bond donors (Lipinski definition) is 2. The summed E-state index contributed by atoms with van der Waals surface area (Å²) in [6.07, 6.45) is 5.26. The van der Waals surface area contributed by atoms with Crippen LogP contribution in [0.3, 0.4) is 0 Å². The summed E-state index contributed by atoms with van der Waals surface area (Å²) in [5.74, 6) is 0. The Morgan fingerprint density at radius 2 is 1.81 bits per heavy atom. The fourth-order valence-electron chi connectivity index (χ4n) is 3.19. The third-order valence-corrected chi connectivity index (χ3v) is 4.25. The zero-order chi connectivity index (χ0) is 11.0. The molecule has 1 aliphatic heterocycles. The van der Waals surface area contributed by atoms with E-state index in [0.29, 0.717) is 11.6 Å². The third-order valence-electron chi connectivity index (χ3n) is 4.00. The molecule has 2 aliphatic rings. The van der Waals surface area contributed by atoms with Crippen LogP contribution < -0.4 is 10.6 Å². The van der Waals surface area contributed by atoms with Crippen molar-refractivity contribution in [1.82, 2.24) is 10.6 Å². The molecule has 1 saturated heterocycles. The van der Waals surface area contributed by atoms with Crippen LogP contribution in [-0.4, -0.2) is 12.2 Å². The lowest BCUT2D eigenvalue weighted by atomic mass is 9.85. The van der Waals surface area contributed by atoms with Crippen LogP contribution in [0, 0.1) is 0 Å². The molecule has 2 nitrogen and oxygen atoms in total. The molecule has 1 aromatic rings. The van der Waals surface area contributed by atoms with Gasteiger partial charge in [0.15, 0.2) is 0 Å². The van der Waals surface area contributed by atoms with Crippen LogP contribution in [0.1, 0.15) is 37.3 Å². The molecular weight excluding hydrogens is 220 g/mol. The Bertz CT molecular complexity index is 363. The van der Waals surface area contributed by atoms with Crippen molar-refractivity contribution in [2.45, 2.75) is 37.3 Å². The van der Waals surface area contributed by atoms with Gasteiger partial charge in [-0.2, -0.15) is 0 Å². The van der Waals surface area contributed by atoms with Gasteiger partial charge in [0.1, 0.15) is 0 Å². The lowest BCUT2D eigenvalue weighted by Crippen LogP contribution is -2.41. The third kappa shape index (κ3) is 1.65. The highest BCUT2D eigenvalue weighted by atomic mass is 35.5. The molecule has 0 bridgehead atoms. The highest BCUT2D eigenvalue weighted by molar-refractivity contribution is 6.30. The highest BCUT2D eigenvalue weighted by Gasteiger charge is 2.44. The molecule has 1 saturated carbocycles. The standard InChI is InChI=1S/C13H17ClN2/c14-11-5-3-10(4-6-11)12-13(16-9-15-12)7-1-2-8-13/h3-6,12,15-16H,1-2,7-9H2. The summed E-state index contributed by atoms with van der Waals surface area (Å²) >= 11 is 5.93. The Hall–Kier alpha value is -0.570. The van der Waals surface area contributed by atoms with E-state index in [4.69, 9.17) is 11.6 Å². The van der Waals surface area contributed by atoms with Crippen LogP contribution in [0.15, 0.2) is 24.3 Å². The SMILES string of the molecule is Clc1ccc(C2NCNC23CCCC3)cc1. The van der Waals surface area contributed by atoms with Crippen LogP contribution in [0.25, 0.3) is 0 Å². The summed E-state index contributed by atoms with van der Waals surface area (Å²) in [7, 11) is 0. The minimum Gasteiger partial charge on any atom is -0.297 e. The Balaban J connectivity index is 1.91. The smallest absolute Gasteiger partial charge is 0.0515 e. The van der Waals surface area contributed by atoms with Crippen molar-refractivity contribution in [2.24, 2.45) is 0 Å². The first-order valence-corrected chi connectivity index (χ1v) is 6.42. The molecule has 86 valence electrons. The first-order chi connectivity index (χ1) is 7.80. The van der Waals surface area contributed by atoms with Gasteiger partial charge in [0.2, 0.25) is 0 Å². The van der Waals surface area contributed by atoms with Gasteiger partial charge in [-0.25, -0.2) is 0 Å². The van der Waals surface area contributed by atoms with Crippen LogP contribution in [0.5, 0.6) is 0 Å². The van der Waals surface area contributed by atoms with Crippen molar-refractivity contribution in [2.75, 3.05) is 6.67 Å². The summed E-state index contributed by atoms with van der Waals surface area (Å²) in [6, 6.07) is 8.71. The monoisotopic (exact) mass is 236 g/mol. The van der Waals surface area contributed by atoms with Gasteiger partial charge in [0, 0.05) is 17.2 Å². The van der Waals surface area contributed by atoms with Crippen molar-refractivity contribution >= 4 is 11.6 Å². The van der Waals surface area contributed by atoms with E-state index >= 15 is 0 Å². The maximum absolute atomic E-state index is 5.93. The zero-order valence-electron chi connectivity index (χ0n) is 9.30. The quantitative estimate of drug-likeness (QED) is 0.784. The van der Waals surface area contributed by atoms with E-state index in [9.17, 15) is 0 Å². The second-order valence-corrected chi connectivity index (χ2v) is 5.34. The van der Waals surface area contributed by atoms with E-state index in [-0.39, 0.29) is 0 Å². The van der Waals surface area contributed by atoms with E-state index in [2.05, 4.69) is 22.8 Å². The van der Waals surface area contributed by atoms with Gasteiger partial charge in [0.05, 0.1) is 6.04 Å². The Morgan fingerprint density at radius 1 is 1.12 bits per heavy atom. The number of nitrogens with one attached hydrogen (secondary N) is 2. The van der Waals surface area contributed by atoms with Crippen molar-refractivity contribution in [3.05, 3.63) is 34.9 Å². The first-order valence-electron chi connectivity index (χ1n) is 6.04. The normalized spacial score (nSPS) is 27.7. The predicted octanol–water partition coefficient (Wildman–Crippen LogP) is 2.84. The lowest BCUT2D eigenvalue weighted by molar-refractivity contribution is 0.338. The molecule has 0 amide bonds. The molecule has 1 aromatic carbocycles. The largest absolute Gasteiger partial charge is 0.297 e. The van der Waals surface area contributed by atoms with Crippen LogP contribution in [0.2, 0.25) is 5.02 Å². The minimum absolute atomic E-state index is 0.299. The molecule has 16 heavy (non-hydrogen) atoms. The Kier molecular flexibility index (Phi) is 2.66. The highest BCUT2D eigenvalue weighted by Crippen LogP contribution is 2.42. The summed E-state index contributed by atoms with van der Waals surface area (Å²) in [5.41, 5.74) is 1.66. The molecule has 0 radical (unpaired) electrons. The van der Waals surface area contributed by atoms with Crippen molar-refractivity contribution in [3.63, 3.8) is 0 Å². The fraction of sp³-hybridized carbons (Fsp3) is 0.538. The fourth-order valence-corrected chi connectivity index (χ4v) is 3.32. The molecule has 1 heterocycles. The molecule has 1 atom stereocenters. The zero-order valence-corrected chi connectivity index (χ0v) is 10.1. The Labute approximate surface area is 101 Å². The van der Waals surface area contributed by atoms with Gasteiger partial charge in [-0.15, -0.1) is 0 Å². The molecular formula is C13H17ClN2. The molecule has 3 heteroatoms. The van der Waals surface area contributed by atoms with Crippen molar-refractivity contribution < 1.29 is 0 Å². The number of hydrogen-bond acceptors (Lipinski definition) is 2. The first kappa shape index (κ1) is 10.6. The molecule has 1 aliphatic carbocycles. The molecule has 2 fully saturated rings. The number of halogens is 1. The summed E-state index contributed by atoms with van der Waals surface area (Å²) in [4.78, 5) is 0.